The van der Waals surface area contributed by atoms with Crippen LogP contribution < -0.4 is 9.80 Å². The van der Waals surface area contributed by atoms with Crippen molar-refractivity contribution < 1.29 is 14.5 Å². The fourth-order valence-corrected chi connectivity index (χ4v) is 3.60. The highest BCUT2D eigenvalue weighted by Crippen LogP contribution is 2.26. The van der Waals surface area contributed by atoms with E-state index in [2.05, 4.69) is 0 Å². The Morgan fingerprint density at radius 1 is 1.00 bits per heavy atom. The van der Waals surface area contributed by atoms with Crippen LogP contribution in [0.2, 0.25) is 0 Å². The molecular weight excluding hydrogens is 264 g/mol. The maximum absolute atomic E-state index is 12.8. The number of anilines is 1. The number of imide groups is 1. The number of carbonyl (C=O) groups is 2. The van der Waals surface area contributed by atoms with E-state index in [0.29, 0.717) is 5.69 Å². The van der Waals surface area contributed by atoms with Crippen LogP contribution in [0.1, 0.15) is 31.7 Å². The van der Waals surface area contributed by atoms with Crippen molar-refractivity contribution in [1.29, 1.82) is 0 Å². The van der Waals surface area contributed by atoms with Gasteiger partial charge < -0.3 is 4.90 Å². The van der Waals surface area contributed by atoms with E-state index in [0.717, 1.165) is 31.5 Å². The number of nitrogens with one attached hydrogen (secondary N) is 1. The van der Waals surface area contributed by atoms with Gasteiger partial charge in [-0.15, -0.1) is 0 Å². The second kappa shape index (κ2) is 5.60. The molecule has 21 heavy (non-hydrogen) atoms. The summed E-state index contributed by atoms with van der Waals surface area (Å²) in [5.74, 6) is -0.285. The number of rotatable bonds is 2. The normalized spacial score (nSPS) is 27.4. The van der Waals surface area contributed by atoms with Gasteiger partial charge in [-0.25, -0.2) is 4.90 Å². The zero-order valence-electron chi connectivity index (χ0n) is 12.8. The summed E-state index contributed by atoms with van der Waals surface area (Å²) in [6, 6.07) is 7.43. The topological polar surface area (TPSA) is 41.8 Å². The standard InChI is InChI=1S/C17H22N2O2/c1-12-6-8-14(9-7-12)19-16(20)13(2)15(17(19)21)18-10-4-3-5-11-18/h6-9,13,15H,3-5,10-11H2,1-2H3/p+1/t13-,15+/m0/s1. The lowest BCUT2D eigenvalue weighted by Crippen LogP contribution is -3.18. The molecule has 1 aromatic carbocycles. The fraction of sp³-hybridized carbons (Fsp3) is 0.529. The Morgan fingerprint density at radius 3 is 2.24 bits per heavy atom. The van der Waals surface area contributed by atoms with Gasteiger partial charge >= 0.3 is 0 Å². The molecule has 0 spiro atoms. The first-order valence-electron chi connectivity index (χ1n) is 7.88. The number of aryl methyl sites for hydroxylation is 1. The Kier molecular flexibility index (Phi) is 3.81. The van der Waals surface area contributed by atoms with Crippen molar-refractivity contribution in [3.05, 3.63) is 29.8 Å². The molecule has 2 fully saturated rings. The van der Waals surface area contributed by atoms with E-state index in [1.807, 2.05) is 38.1 Å². The Labute approximate surface area is 125 Å². The van der Waals surface area contributed by atoms with Gasteiger partial charge in [0.1, 0.15) is 0 Å². The second-order valence-corrected chi connectivity index (χ2v) is 6.33. The maximum Gasteiger partial charge on any atom is 0.292 e. The van der Waals surface area contributed by atoms with Crippen LogP contribution in [0.25, 0.3) is 0 Å². The van der Waals surface area contributed by atoms with Gasteiger partial charge in [0.15, 0.2) is 6.04 Å². The summed E-state index contributed by atoms with van der Waals surface area (Å²) in [5, 5.41) is 0. The van der Waals surface area contributed by atoms with Gasteiger partial charge in [-0.2, -0.15) is 0 Å². The number of piperidine rings is 1. The van der Waals surface area contributed by atoms with Crippen molar-refractivity contribution >= 4 is 17.5 Å². The SMILES string of the molecule is Cc1ccc(N2C(=O)[C@@H](C)[C@@H]([NH+]3CCCCC3)C2=O)cc1. The molecule has 0 saturated carbocycles. The Hall–Kier alpha value is -1.68. The molecule has 2 amide bonds. The maximum atomic E-state index is 12.8. The molecule has 0 bridgehead atoms. The predicted molar refractivity (Wildman–Crippen MR) is 81.2 cm³/mol. The lowest BCUT2D eigenvalue weighted by atomic mass is 10.0. The van der Waals surface area contributed by atoms with Crippen LogP contribution in [0.5, 0.6) is 0 Å². The van der Waals surface area contributed by atoms with Gasteiger partial charge in [-0.05, 0) is 45.2 Å². The summed E-state index contributed by atoms with van der Waals surface area (Å²) >= 11 is 0. The quantitative estimate of drug-likeness (QED) is 0.823. The average molecular weight is 287 g/mol. The number of likely N-dealkylation sites (tertiary alicyclic amines) is 1. The Bertz CT molecular complexity index is 546. The van der Waals surface area contributed by atoms with E-state index in [1.54, 1.807) is 0 Å². The molecule has 4 nitrogen and oxygen atoms in total. The van der Waals surface area contributed by atoms with Crippen LogP contribution in [0.15, 0.2) is 24.3 Å². The van der Waals surface area contributed by atoms with Crippen molar-refractivity contribution in [3.8, 4) is 0 Å². The monoisotopic (exact) mass is 287 g/mol. The molecule has 2 heterocycles. The molecule has 3 rings (SSSR count). The molecule has 0 radical (unpaired) electrons. The highest BCUT2D eigenvalue weighted by Gasteiger charge is 2.51. The number of amides is 2. The molecule has 4 heteroatoms. The lowest BCUT2D eigenvalue weighted by molar-refractivity contribution is -0.922. The number of carbonyl (C=O) groups excluding carboxylic acids is 2. The first-order valence-corrected chi connectivity index (χ1v) is 7.88. The Morgan fingerprint density at radius 2 is 1.62 bits per heavy atom. The van der Waals surface area contributed by atoms with Gasteiger partial charge in [-0.3, -0.25) is 9.59 Å². The van der Waals surface area contributed by atoms with Crippen molar-refractivity contribution in [2.75, 3.05) is 18.0 Å². The molecule has 1 N–H and O–H groups in total. The third-order valence-electron chi connectivity index (χ3n) is 4.82. The van der Waals surface area contributed by atoms with Gasteiger partial charge in [0.25, 0.3) is 5.91 Å². The number of quaternary nitrogens is 1. The van der Waals surface area contributed by atoms with Crippen LogP contribution >= 0.6 is 0 Å². The number of hydrogen-bond acceptors (Lipinski definition) is 2. The average Bonchev–Trinajstić information content (AvgIpc) is 2.72. The summed E-state index contributed by atoms with van der Waals surface area (Å²) in [6.45, 7) is 5.92. The van der Waals surface area contributed by atoms with Gasteiger partial charge in [0.2, 0.25) is 5.91 Å². The number of hydrogen-bond donors (Lipinski definition) is 1. The van der Waals surface area contributed by atoms with Crippen LogP contribution in [0.3, 0.4) is 0 Å². The van der Waals surface area contributed by atoms with E-state index in [1.165, 1.54) is 16.2 Å². The minimum absolute atomic E-state index is 0.0201. The highest BCUT2D eigenvalue weighted by atomic mass is 16.2. The number of nitrogens with zero attached hydrogens (tertiary/aromatic N) is 1. The molecule has 2 atom stereocenters. The first kappa shape index (κ1) is 14.3. The van der Waals surface area contributed by atoms with Gasteiger partial charge in [-0.1, -0.05) is 17.7 Å². The molecule has 112 valence electrons. The fourth-order valence-electron chi connectivity index (χ4n) is 3.60. The van der Waals surface area contributed by atoms with Crippen LogP contribution in [-0.2, 0) is 9.59 Å². The van der Waals surface area contributed by atoms with Crippen molar-refractivity contribution in [3.63, 3.8) is 0 Å². The highest BCUT2D eigenvalue weighted by molar-refractivity contribution is 6.22. The largest absolute Gasteiger partial charge is 0.324 e. The summed E-state index contributed by atoms with van der Waals surface area (Å²) < 4.78 is 0. The minimum Gasteiger partial charge on any atom is -0.324 e. The molecule has 0 aromatic heterocycles. The molecular formula is C17H23N2O2+. The van der Waals surface area contributed by atoms with Gasteiger partial charge in [0, 0.05) is 0 Å². The van der Waals surface area contributed by atoms with Gasteiger partial charge in [0.05, 0.1) is 24.7 Å². The van der Waals surface area contributed by atoms with E-state index < -0.39 is 0 Å². The van der Waals surface area contributed by atoms with E-state index in [4.69, 9.17) is 0 Å². The smallest absolute Gasteiger partial charge is 0.292 e. The molecule has 0 unspecified atom stereocenters. The zero-order valence-corrected chi connectivity index (χ0v) is 12.8. The minimum atomic E-state index is -0.216. The molecule has 2 saturated heterocycles. The second-order valence-electron chi connectivity index (χ2n) is 6.33. The van der Waals surface area contributed by atoms with Crippen molar-refractivity contribution in [2.45, 2.75) is 39.2 Å². The molecule has 1 aromatic rings. The third-order valence-corrected chi connectivity index (χ3v) is 4.82. The number of benzene rings is 1. The Balaban J connectivity index is 1.87. The summed E-state index contributed by atoms with van der Waals surface area (Å²) in [7, 11) is 0. The third kappa shape index (κ3) is 2.48. The summed E-state index contributed by atoms with van der Waals surface area (Å²) in [6.07, 6.45) is 3.56. The molecule has 0 aliphatic carbocycles. The van der Waals surface area contributed by atoms with E-state index in [9.17, 15) is 9.59 Å². The van der Waals surface area contributed by atoms with Crippen molar-refractivity contribution in [1.82, 2.24) is 0 Å². The van der Waals surface area contributed by atoms with Crippen LogP contribution in [0, 0.1) is 12.8 Å². The van der Waals surface area contributed by atoms with Crippen LogP contribution in [-0.4, -0.2) is 30.9 Å². The first-order chi connectivity index (χ1) is 10.1. The van der Waals surface area contributed by atoms with Crippen molar-refractivity contribution in [2.24, 2.45) is 5.92 Å². The molecule has 2 aliphatic heterocycles. The van der Waals surface area contributed by atoms with Crippen LogP contribution in [0.4, 0.5) is 5.69 Å². The predicted octanol–water partition coefficient (Wildman–Crippen LogP) is 0.942. The zero-order chi connectivity index (χ0) is 15.0. The summed E-state index contributed by atoms with van der Waals surface area (Å²) in [4.78, 5) is 28.0. The summed E-state index contributed by atoms with van der Waals surface area (Å²) in [5.41, 5.74) is 1.84. The molecule has 2 aliphatic rings. The van der Waals surface area contributed by atoms with E-state index in [-0.39, 0.29) is 23.8 Å². The lowest BCUT2D eigenvalue weighted by Gasteiger charge is -2.29. The van der Waals surface area contributed by atoms with E-state index >= 15 is 0 Å².